The highest BCUT2D eigenvalue weighted by molar-refractivity contribution is 7.89. The lowest BCUT2D eigenvalue weighted by Gasteiger charge is -2.14. The first-order valence-corrected chi connectivity index (χ1v) is 10.3. The molecule has 1 atom stereocenters. The number of esters is 1. The molecule has 0 saturated carbocycles. The first kappa shape index (κ1) is 22.4. The summed E-state index contributed by atoms with van der Waals surface area (Å²) in [6, 6.07) is 10.1. The Hall–Kier alpha value is -2.91. The fraction of sp³-hybridized carbons (Fsp3) is 0.300. The molecule has 2 aromatic rings. The second-order valence-electron chi connectivity index (χ2n) is 6.55. The Morgan fingerprint density at radius 2 is 1.62 bits per heavy atom. The molecule has 1 amide bonds. The summed E-state index contributed by atoms with van der Waals surface area (Å²) in [6.45, 7) is 4.62. The van der Waals surface area contributed by atoms with E-state index in [0.717, 1.165) is 11.1 Å². The number of anilines is 1. The maximum Gasteiger partial charge on any atom is 0.324 e. The molecule has 0 spiro atoms. The van der Waals surface area contributed by atoms with Gasteiger partial charge in [0.05, 0.1) is 12.0 Å². The largest absolute Gasteiger partial charge is 0.497 e. The third-order valence-corrected chi connectivity index (χ3v) is 5.46. The van der Waals surface area contributed by atoms with Gasteiger partial charge in [0, 0.05) is 5.69 Å². The summed E-state index contributed by atoms with van der Waals surface area (Å²) in [5, 5.41) is 2.64. The Morgan fingerprint density at radius 1 is 1.03 bits per heavy atom. The van der Waals surface area contributed by atoms with Crippen molar-refractivity contribution in [3.8, 4) is 5.75 Å². The van der Waals surface area contributed by atoms with Crippen molar-refractivity contribution in [2.24, 2.45) is 0 Å². The number of amides is 1. The summed E-state index contributed by atoms with van der Waals surface area (Å²) in [5.74, 6) is -0.877. The second kappa shape index (κ2) is 9.53. The second-order valence-corrected chi connectivity index (χ2v) is 8.26. The molecule has 0 saturated heterocycles. The van der Waals surface area contributed by atoms with Crippen LogP contribution in [0.25, 0.3) is 0 Å². The molecule has 156 valence electrons. The number of hydrogen-bond acceptors (Lipinski definition) is 6. The van der Waals surface area contributed by atoms with E-state index >= 15 is 0 Å². The van der Waals surface area contributed by atoms with Crippen LogP contribution in [0.5, 0.6) is 5.75 Å². The van der Waals surface area contributed by atoms with Crippen molar-refractivity contribution >= 4 is 27.6 Å². The molecule has 2 aromatic carbocycles. The van der Waals surface area contributed by atoms with Crippen LogP contribution in [-0.2, 0) is 24.3 Å². The van der Waals surface area contributed by atoms with E-state index < -0.39 is 34.5 Å². The Bertz CT molecular complexity index is 966. The summed E-state index contributed by atoms with van der Waals surface area (Å²) >= 11 is 0. The predicted octanol–water partition coefficient (Wildman–Crippen LogP) is 2.16. The van der Waals surface area contributed by atoms with Crippen molar-refractivity contribution in [1.29, 1.82) is 0 Å². The van der Waals surface area contributed by atoms with E-state index in [4.69, 9.17) is 9.47 Å². The number of methoxy groups -OCH3 is 1. The van der Waals surface area contributed by atoms with Crippen LogP contribution in [-0.4, -0.2) is 40.1 Å². The zero-order chi connectivity index (χ0) is 21.6. The van der Waals surface area contributed by atoms with Gasteiger partial charge < -0.3 is 14.8 Å². The number of rotatable bonds is 8. The van der Waals surface area contributed by atoms with Crippen LogP contribution in [0.15, 0.2) is 47.4 Å². The van der Waals surface area contributed by atoms with E-state index in [1.807, 2.05) is 19.9 Å². The molecular weight excluding hydrogens is 396 g/mol. The van der Waals surface area contributed by atoms with Crippen molar-refractivity contribution in [3.05, 3.63) is 53.6 Å². The first-order chi connectivity index (χ1) is 13.6. The summed E-state index contributed by atoms with van der Waals surface area (Å²) in [4.78, 5) is 24.0. The molecule has 0 aliphatic rings. The van der Waals surface area contributed by atoms with Gasteiger partial charge in [0.1, 0.15) is 11.8 Å². The SMILES string of the molecule is COc1ccc(S(=O)(=O)N[C@@H](C)C(=O)OCC(=O)Nc2cc(C)cc(C)c2)cc1. The average molecular weight is 420 g/mol. The van der Waals surface area contributed by atoms with Crippen molar-refractivity contribution < 1.29 is 27.5 Å². The maximum absolute atomic E-state index is 12.4. The van der Waals surface area contributed by atoms with E-state index in [1.165, 1.54) is 38.3 Å². The van der Waals surface area contributed by atoms with Crippen LogP contribution in [0, 0.1) is 13.8 Å². The monoisotopic (exact) mass is 420 g/mol. The van der Waals surface area contributed by atoms with E-state index in [2.05, 4.69) is 10.0 Å². The molecule has 9 heteroatoms. The highest BCUT2D eigenvalue weighted by Gasteiger charge is 2.23. The van der Waals surface area contributed by atoms with E-state index in [1.54, 1.807) is 12.1 Å². The number of nitrogens with one attached hydrogen (secondary N) is 2. The van der Waals surface area contributed by atoms with E-state index in [0.29, 0.717) is 11.4 Å². The fourth-order valence-corrected chi connectivity index (χ4v) is 3.80. The summed E-state index contributed by atoms with van der Waals surface area (Å²) in [6.07, 6.45) is 0. The normalized spacial score (nSPS) is 12.1. The van der Waals surface area contributed by atoms with Gasteiger partial charge in [-0.1, -0.05) is 6.07 Å². The zero-order valence-corrected chi connectivity index (χ0v) is 17.5. The van der Waals surface area contributed by atoms with Crippen LogP contribution in [0.1, 0.15) is 18.1 Å². The quantitative estimate of drug-likeness (QED) is 0.633. The molecule has 0 fully saturated rings. The molecule has 2 rings (SSSR count). The van der Waals surface area contributed by atoms with Crippen LogP contribution < -0.4 is 14.8 Å². The van der Waals surface area contributed by atoms with Crippen molar-refractivity contribution in [1.82, 2.24) is 4.72 Å². The summed E-state index contributed by atoms with van der Waals surface area (Å²) in [7, 11) is -2.46. The number of sulfonamides is 1. The van der Waals surface area contributed by atoms with Crippen LogP contribution in [0.4, 0.5) is 5.69 Å². The smallest absolute Gasteiger partial charge is 0.324 e. The molecule has 0 radical (unpaired) electrons. The lowest BCUT2D eigenvalue weighted by Crippen LogP contribution is -2.40. The number of carbonyl (C=O) groups excluding carboxylic acids is 2. The molecule has 0 aromatic heterocycles. The Labute approximate surface area is 170 Å². The van der Waals surface area contributed by atoms with Crippen molar-refractivity contribution in [2.45, 2.75) is 31.7 Å². The van der Waals surface area contributed by atoms with Crippen molar-refractivity contribution in [2.75, 3.05) is 19.0 Å². The number of hydrogen-bond donors (Lipinski definition) is 2. The molecule has 29 heavy (non-hydrogen) atoms. The molecular formula is C20H24N2O6S. The number of carbonyl (C=O) groups is 2. The molecule has 0 aliphatic carbocycles. The minimum absolute atomic E-state index is 0.0227. The minimum atomic E-state index is -3.93. The van der Waals surface area contributed by atoms with Gasteiger partial charge in [0.15, 0.2) is 6.61 Å². The topological polar surface area (TPSA) is 111 Å². The molecule has 0 bridgehead atoms. The number of aryl methyl sites for hydroxylation is 2. The standard InChI is InChI=1S/C20H24N2O6S/c1-13-9-14(2)11-16(10-13)21-19(23)12-28-20(24)15(3)22-29(25,26)18-7-5-17(27-4)6-8-18/h5-11,15,22H,12H2,1-4H3,(H,21,23)/t15-/m0/s1. The highest BCUT2D eigenvalue weighted by atomic mass is 32.2. The molecule has 2 N–H and O–H groups in total. The van der Waals surface area contributed by atoms with Crippen molar-refractivity contribution in [3.63, 3.8) is 0 Å². The van der Waals surface area contributed by atoms with Gasteiger partial charge in [-0.05, 0) is 68.3 Å². The number of ether oxygens (including phenoxy) is 2. The van der Waals surface area contributed by atoms with Gasteiger partial charge in [-0.25, -0.2) is 8.42 Å². The maximum atomic E-state index is 12.4. The third kappa shape index (κ3) is 6.58. The predicted molar refractivity (Wildman–Crippen MR) is 108 cm³/mol. The molecule has 0 unspecified atom stereocenters. The van der Waals surface area contributed by atoms with Crippen LogP contribution in [0.3, 0.4) is 0 Å². The van der Waals surface area contributed by atoms with Crippen LogP contribution in [0.2, 0.25) is 0 Å². The van der Waals surface area contributed by atoms with Gasteiger partial charge in [0.25, 0.3) is 5.91 Å². The Balaban J connectivity index is 1.89. The minimum Gasteiger partial charge on any atom is -0.497 e. The van der Waals surface area contributed by atoms with Gasteiger partial charge >= 0.3 is 5.97 Å². The van der Waals surface area contributed by atoms with Gasteiger partial charge in [-0.2, -0.15) is 4.72 Å². The Morgan fingerprint density at radius 3 is 2.17 bits per heavy atom. The lowest BCUT2D eigenvalue weighted by molar-refractivity contribution is -0.148. The van der Waals surface area contributed by atoms with Crippen LogP contribution >= 0.6 is 0 Å². The number of benzene rings is 2. The highest BCUT2D eigenvalue weighted by Crippen LogP contribution is 2.16. The summed E-state index contributed by atoms with van der Waals surface area (Å²) in [5.41, 5.74) is 2.56. The molecule has 8 nitrogen and oxygen atoms in total. The third-order valence-electron chi connectivity index (χ3n) is 3.91. The van der Waals surface area contributed by atoms with Gasteiger partial charge in [-0.3, -0.25) is 9.59 Å². The van der Waals surface area contributed by atoms with Gasteiger partial charge in [-0.15, -0.1) is 0 Å². The molecule has 0 heterocycles. The zero-order valence-electron chi connectivity index (χ0n) is 16.7. The Kier molecular flexibility index (Phi) is 7.35. The first-order valence-electron chi connectivity index (χ1n) is 8.82. The molecule has 0 aliphatic heterocycles. The van der Waals surface area contributed by atoms with E-state index in [-0.39, 0.29) is 4.90 Å². The van der Waals surface area contributed by atoms with Gasteiger partial charge in [0.2, 0.25) is 10.0 Å². The average Bonchev–Trinajstić information content (AvgIpc) is 2.65. The van der Waals surface area contributed by atoms with E-state index in [9.17, 15) is 18.0 Å². The summed E-state index contributed by atoms with van der Waals surface area (Å²) < 4.78 is 36.8. The fourth-order valence-electron chi connectivity index (χ4n) is 2.61. The lowest BCUT2D eigenvalue weighted by atomic mass is 10.1.